The summed E-state index contributed by atoms with van der Waals surface area (Å²) < 4.78 is 22.3. The Bertz CT molecular complexity index is 3740. The third-order valence-corrected chi connectivity index (χ3v) is 12.2. The molecule has 6 amide bonds. The van der Waals surface area contributed by atoms with E-state index in [1.807, 2.05) is 6.92 Å². The van der Waals surface area contributed by atoms with E-state index < -0.39 is 12.1 Å². The number of rotatable bonds is 21. The van der Waals surface area contributed by atoms with Gasteiger partial charge in [0.05, 0.1) is 57.9 Å². The summed E-state index contributed by atoms with van der Waals surface area (Å²) >= 11 is 24.6. The Balaban J connectivity index is 0.000000211. The Morgan fingerprint density at radius 2 is 0.807 bits per heavy atom. The lowest BCUT2D eigenvalue weighted by molar-refractivity contribution is 0.215. The summed E-state index contributed by atoms with van der Waals surface area (Å²) in [5.41, 5.74) is 21.0. The van der Waals surface area contributed by atoms with Crippen molar-refractivity contribution in [2.45, 2.75) is 19.8 Å². The molecular weight excluding hydrogens is 1230 g/mol. The van der Waals surface area contributed by atoms with Gasteiger partial charge in [-0.3, -0.25) is 0 Å². The zero-order valence-corrected chi connectivity index (χ0v) is 50.3. The molecule has 0 aliphatic rings. The van der Waals surface area contributed by atoms with Crippen molar-refractivity contribution < 1.29 is 47.8 Å². The lowest BCUT2D eigenvalue weighted by Crippen LogP contribution is -2.29. The molecule has 8 aromatic rings. The molecule has 0 saturated heterocycles. The first kappa shape index (κ1) is 66.5. The number of urea groups is 3. The monoisotopic (exact) mass is 1280 g/mol. The largest absolute Gasteiger partial charge is 0.497 e. The summed E-state index contributed by atoms with van der Waals surface area (Å²) in [5, 5.41) is 28.5. The summed E-state index contributed by atoms with van der Waals surface area (Å²) in [6.07, 6.45) is 9.72. The number of hydrogen-bond donors (Lipinski definition) is 9. The van der Waals surface area contributed by atoms with Gasteiger partial charge in [0.25, 0.3) is 0 Å². The Morgan fingerprint density at radius 1 is 0.466 bits per heavy atom. The van der Waals surface area contributed by atoms with E-state index >= 15 is 0 Å². The van der Waals surface area contributed by atoms with Gasteiger partial charge >= 0.3 is 18.1 Å². The number of anilines is 8. The normalized spacial score (nSPS) is 10.6. The summed E-state index contributed by atoms with van der Waals surface area (Å²) in [4.78, 5) is 74.0. The fourth-order valence-electron chi connectivity index (χ4n) is 6.74. The second-order valence-electron chi connectivity index (χ2n) is 17.0. The minimum Gasteiger partial charge on any atom is -0.497 e. The van der Waals surface area contributed by atoms with Gasteiger partial charge in [-0.15, -0.1) is 0 Å². The molecule has 0 aliphatic carbocycles. The number of halogens is 4. The molecule has 12 N–H and O–H groups in total. The van der Waals surface area contributed by atoms with Gasteiger partial charge < -0.3 is 82.6 Å². The number of methoxy groups -OCH3 is 1. The number of carbonyl (C=O) groups excluding carboxylic acids is 3. The highest BCUT2D eigenvalue weighted by Crippen LogP contribution is 2.34. The standard InChI is InChI=1S/C20H19ClN6O4.C19H16Cl2N6O3.C17H21ClN6O3/c1-29-13-5-3-12(4-6-13)26-20(28)27-17-8-7-14(9-16(17)21)31-19-15(10-25-30-2)18(22)23-11-24-19;1-29-25-9-14-17(22)23-10-24-18(14)30-13-6-7-16(15(21)8-13)27-19(28)26-12-4-2-11(20)3-5-12;1-3-4-7-20-17(25)24-14-6-5-11(8-13(14)18)27-16-12(9-23-26-2)15(19)21-10-22-16/h3-11H,1-2H3,(H2,22,23,24)(H2,26,27,28);2-10H,1H3,(H2,22,23,24)(H2,26,27,28);5-6,8-10H,3-4,7H2,1-2H3,(H2,19,21,22)(H2,20,24,25)/b25-10+;25-9+;23-9+. The molecule has 28 nitrogen and oxygen atoms in total. The Labute approximate surface area is 523 Å². The van der Waals surface area contributed by atoms with Crippen LogP contribution in [0, 0.1) is 0 Å². The maximum atomic E-state index is 12.2. The minimum absolute atomic E-state index is 0.167. The molecule has 8 rings (SSSR count). The number of hydrogen-bond acceptors (Lipinski definition) is 22. The Morgan fingerprint density at radius 3 is 1.14 bits per heavy atom. The molecule has 0 aliphatic heterocycles. The van der Waals surface area contributed by atoms with Crippen LogP contribution in [-0.2, 0) is 14.5 Å². The van der Waals surface area contributed by atoms with Gasteiger partial charge in [-0.2, -0.15) is 0 Å². The van der Waals surface area contributed by atoms with Crippen LogP contribution >= 0.6 is 46.4 Å². The van der Waals surface area contributed by atoms with Crippen molar-refractivity contribution in [3.63, 3.8) is 0 Å². The quantitative estimate of drug-likeness (QED) is 0.0183. The highest BCUT2D eigenvalue weighted by atomic mass is 35.5. The van der Waals surface area contributed by atoms with Crippen LogP contribution in [0.2, 0.25) is 20.1 Å². The number of nitrogens with two attached hydrogens (primary N) is 3. The van der Waals surface area contributed by atoms with Crippen molar-refractivity contribution in [3.05, 3.63) is 159 Å². The van der Waals surface area contributed by atoms with Crippen LogP contribution in [0.1, 0.15) is 36.5 Å². The topological polar surface area (TPSA) is 380 Å². The third-order valence-electron chi connectivity index (χ3n) is 11.0. The van der Waals surface area contributed by atoms with Crippen LogP contribution in [0.15, 0.2) is 138 Å². The van der Waals surface area contributed by atoms with Gasteiger partial charge in [0.15, 0.2) is 0 Å². The van der Waals surface area contributed by atoms with Crippen molar-refractivity contribution >= 4 is 129 Å². The van der Waals surface area contributed by atoms with Crippen molar-refractivity contribution in [3.8, 4) is 40.6 Å². The Hall–Kier alpha value is -10.7. The molecule has 0 fully saturated rings. The van der Waals surface area contributed by atoms with Crippen molar-refractivity contribution in [2.75, 3.05) is 78.8 Å². The smallest absolute Gasteiger partial charge is 0.323 e. The van der Waals surface area contributed by atoms with Gasteiger partial charge in [-0.25, -0.2) is 44.3 Å². The summed E-state index contributed by atoms with van der Waals surface area (Å²) in [6, 6.07) is 26.7. The molecule has 0 bridgehead atoms. The van der Waals surface area contributed by atoms with E-state index in [9.17, 15) is 14.4 Å². The van der Waals surface area contributed by atoms with Crippen LogP contribution in [-0.4, -0.2) is 102 Å². The molecule has 88 heavy (non-hydrogen) atoms. The molecule has 0 spiro atoms. The lowest BCUT2D eigenvalue weighted by Gasteiger charge is -2.12. The van der Waals surface area contributed by atoms with Gasteiger partial charge in [0.1, 0.15) is 97.5 Å². The number of benzene rings is 5. The number of oxime groups is 3. The first-order valence-corrected chi connectivity index (χ1v) is 27.1. The van der Waals surface area contributed by atoms with E-state index in [2.05, 4.69) is 91.8 Å². The first-order valence-electron chi connectivity index (χ1n) is 25.5. The van der Waals surface area contributed by atoms with E-state index in [0.717, 1.165) is 12.8 Å². The molecule has 458 valence electrons. The van der Waals surface area contributed by atoms with Crippen LogP contribution in [0.3, 0.4) is 0 Å². The molecule has 0 saturated carbocycles. The number of aromatic nitrogens is 6. The van der Waals surface area contributed by atoms with Crippen LogP contribution in [0.4, 0.5) is 60.3 Å². The van der Waals surface area contributed by atoms with E-state index in [1.54, 1.807) is 98.1 Å². The third kappa shape index (κ3) is 20.8. The van der Waals surface area contributed by atoms with Gasteiger partial charge in [0, 0.05) is 41.1 Å². The zero-order chi connectivity index (χ0) is 63.4. The zero-order valence-electron chi connectivity index (χ0n) is 47.3. The minimum atomic E-state index is -0.463. The molecular formula is C56H56Cl4N18O10. The highest BCUT2D eigenvalue weighted by molar-refractivity contribution is 6.35. The number of nitrogens with one attached hydrogen (secondary N) is 6. The van der Waals surface area contributed by atoms with Crippen LogP contribution in [0.25, 0.3) is 0 Å². The number of ether oxygens (including phenoxy) is 4. The first-order chi connectivity index (χ1) is 42.5. The molecule has 0 unspecified atom stereocenters. The molecule has 0 radical (unpaired) electrons. The van der Waals surface area contributed by atoms with Crippen molar-refractivity contribution in [2.24, 2.45) is 15.5 Å². The van der Waals surface area contributed by atoms with E-state index in [0.29, 0.717) is 84.7 Å². The molecule has 3 aromatic heterocycles. The van der Waals surface area contributed by atoms with Gasteiger partial charge in [0.2, 0.25) is 17.6 Å². The fraction of sp³-hybridized carbons (Fsp3) is 0.143. The molecule has 0 atom stereocenters. The SMILES string of the molecule is CCCCNC(=O)Nc1ccc(Oc2ncnc(N)c2/C=N/OC)cc1Cl.CO/N=C/c1c(N)ncnc1Oc1ccc(NC(=O)Nc2ccc(Cl)cc2)c(Cl)c1.CO/N=C/c1c(N)ncnc1Oc1ccc(NC(=O)Nc2ccc(OC)cc2)c(Cl)c1. The van der Waals surface area contributed by atoms with E-state index in [1.165, 1.54) is 71.1 Å². The Kier molecular flexibility index (Phi) is 25.9. The maximum Gasteiger partial charge on any atom is 0.323 e. The van der Waals surface area contributed by atoms with E-state index in [4.69, 9.17) is 82.6 Å². The van der Waals surface area contributed by atoms with Crippen molar-refractivity contribution in [1.29, 1.82) is 0 Å². The molecule has 32 heteroatoms. The highest BCUT2D eigenvalue weighted by Gasteiger charge is 2.17. The predicted octanol–water partition coefficient (Wildman–Crippen LogP) is 12.3. The number of carbonyl (C=O) groups is 3. The summed E-state index contributed by atoms with van der Waals surface area (Å²) in [5.74, 6) is 2.89. The van der Waals surface area contributed by atoms with Crippen LogP contribution < -0.4 is 68.0 Å². The molecule has 5 aromatic carbocycles. The number of nitrogen functional groups attached to an aromatic ring is 3. The number of nitrogens with zero attached hydrogens (tertiary/aromatic N) is 9. The predicted molar refractivity (Wildman–Crippen MR) is 339 cm³/mol. The summed E-state index contributed by atoms with van der Waals surface area (Å²) in [6.45, 7) is 2.65. The summed E-state index contributed by atoms with van der Waals surface area (Å²) in [7, 11) is 5.76. The average Bonchev–Trinajstić information content (AvgIpc) is 3.70. The second-order valence-corrected chi connectivity index (χ2v) is 18.7. The van der Waals surface area contributed by atoms with Gasteiger partial charge in [-0.1, -0.05) is 75.2 Å². The van der Waals surface area contributed by atoms with Crippen LogP contribution in [0.5, 0.6) is 40.6 Å². The lowest BCUT2D eigenvalue weighted by atomic mass is 10.3. The number of unbranched alkanes of at least 4 members (excludes halogenated alkanes) is 1. The van der Waals surface area contributed by atoms with Crippen molar-refractivity contribution in [1.82, 2.24) is 35.2 Å². The fourth-order valence-corrected chi connectivity index (χ4v) is 7.52. The van der Waals surface area contributed by atoms with Gasteiger partial charge in [-0.05, 0) is 91.3 Å². The molecule has 3 heterocycles. The van der Waals surface area contributed by atoms with E-state index in [-0.39, 0.29) is 51.2 Å². The average molecular weight is 1280 g/mol. The number of amides is 6. The maximum absolute atomic E-state index is 12.2. The second kappa shape index (κ2) is 34.3.